The minimum absolute atomic E-state index is 0.216. The van der Waals surface area contributed by atoms with Crippen molar-refractivity contribution in [3.8, 4) is 0 Å². The molecule has 1 aliphatic rings. The van der Waals surface area contributed by atoms with Gasteiger partial charge in [-0.25, -0.2) is 0 Å². The molecule has 0 spiro atoms. The molecule has 0 aromatic carbocycles. The van der Waals surface area contributed by atoms with Crippen LogP contribution in [-0.4, -0.2) is 19.3 Å². The molecule has 0 aromatic rings. The zero-order chi connectivity index (χ0) is 8.97. The van der Waals surface area contributed by atoms with Crippen LogP contribution in [0.5, 0.6) is 0 Å². The molecule has 2 unspecified atom stereocenters. The molecule has 0 radical (unpaired) electrons. The van der Waals surface area contributed by atoms with E-state index in [2.05, 4.69) is 12.3 Å². The van der Waals surface area contributed by atoms with Gasteiger partial charge in [0, 0.05) is 13.2 Å². The summed E-state index contributed by atoms with van der Waals surface area (Å²) < 4.78 is 5.21. The van der Waals surface area contributed by atoms with Crippen molar-refractivity contribution < 1.29 is 4.74 Å². The maximum Gasteiger partial charge on any atom is 0.0709 e. The molecular weight excluding hydrogens is 152 g/mol. The van der Waals surface area contributed by atoms with E-state index in [1.165, 1.54) is 19.3 Å². The van der Waals surface area contributed by atoms with E-state index < -0.39 is 0 Å². The van der Waals surface area contributed by atoms with Crippen LogP contribution in [0.25, 0.3) is 0 Å². The fourth-order valence-electron chi connectivity index (χ4n) is 1.44. The van der Waals surface area contributed by atoms with Crippen LogP contribution < -0.4 is 11.3 Å². The zero-order valence-electron chi connectivity index (χ0n) is 8.05. The highest BCUT2D eigenvalue weighted by Crippen LogP contribution is 2.34. The van der Waals surface area contributed by atoms with Crippen LogP contribution in [-0.2, 0) is 4.74 Å². The van der Waals surface area contributed by atoms with Gasteiger partial charge in [-0.2, -0.15) is 0 Å². The molecule has 0 amide bonds. The van der Waals surface area contributed by atoms with Gasteiger partial charge in [0.15, 0.2) is 0 Å². The SMILES string of the molecule is COC(C)C(CCC1CC1)NN. The molecule has 1 aliphatic carbocycles. The Hall–Kier alpha value is -0.120. The quantitative estimate of drug-likeness (QED) is 0.465. The summed E-state index contributed by atoms with van der Waals surface area (Å²) in [5, 5.41) is 0. The van der Waals surface area contributed by atoms with Crippen LogP contribution in [0.3, 0.4) is 0 Å². The molecule has 3 nitrogen and oxygen atoms in total. The third-order valence-electron chi connectivity index (χ3n) is 2.74. The summed E-state index contributed by atoms with van der Waals surface area (Å²) in [5.41, 5.74) is 2.81. The lowest BCUT2D eigenvalue weighted by Crippen LogP contribution is -2.43. The Labute approximate surface area is 74.6 Å². The Morgan fingerprint density at radius 1 is 1.58 bits per heavy atom. The molecule has 2 atom stereocenters. The first-order chi connectivity index (χ1) is 5.77. The molecule has 0 heterocycles. The highest BCUT2D eigenvalue weighted by atomic mass is 16.5. The third-order valence-corrected chi connectivity index (χ3v) is 2.74. The van der Waals surface area contributed by atoms with Crippen molar-refractivity contribution in [2.45, 2.75) is 44.8 Å². The molecular formula is C9H20N2O. The zero-order valence-corrected chi connectivity index (χ0v) is 8.05. The van der Waals surface area contributed by atoms with Gasteiger partial charge >= 0.3 is 0 Å². The smallest absolute Gasteiger partial charge is 0.0709 e. The Balaban J connectivity index is 2.13. The third kappa shape index (κ3) is 3.09. The van der Waals surface area contributed by atoms with Gasteiger partial charge in [-0.05, 0) is 25.7 Å². The summed E-state index contributed by atoms with van der Waals surface area (Å²) in [7, 11) is 1.73. The van der Waals surface area contributed by atoms with Crippen molar-refractivity contribution in [3.63, 3.8) is 0 Å². The van der Waals surface area contributed by atoms with Crippen molar-refractivity contribution in [3.05, 3.63) is 0 Å². The predicted molar refractivity (Wildman–Crippen MR) is 49.5 cm³/mol. The van der Waals surface area contributed by atoms with Crippen LogP contribution in [0.2, 0.25) is 0 Å². The molecule has 12 heavy (non-hydrogen) atoms. The Morgan fingerprint density at radius 2 is 2.25 bits per heavy atom. The topological polar surface area (TPSA) is 47.3 Å². The summed E-state index contributed by atoms with van der Waals surface area (Å²) in [6.07, 6.45) is 5.48. The standard InChI is InChI=1S/C9H20N2O/c1-7(12-2)9(11-10)6-5-8-3-4-8/h7-9,11H,3-6,10H2,1-2H3. The van der Waals surface area contributed by atoms with Gasteiger partial charge < -0.3 is 4.74 Å². The second-order valence-electron chi connectivity index (χ2n) is 3.73. The van der Waals surface area contributed by atoms with Crippen molar-refractivity contribution in [1.82, 2.24) is 5.43 Å². The van der Waals surface area contributed by atoms with Gasteiger partial charge in [0.25, 0.3) is 0 Å². The van der Waals surface area contributed by atoms with E-state index in [-0.39, 0.29) is 6.10 Å². The summed E-state index contributed by atoms with van der Waals surface area (Å²) in [5.74, 6) is 6.40. The molecule has 0 bridgehead atoms. The summed E-state index contributed by atoms with van der Waals surface area (Å²) in [4.78, 5) is 0. The van der Waals surface area contributed by atoms with Crippen molar-refractivity contribution in [2.75, 3.05) is 7.11 Å². The lowest BCUT2D eigenvalue weighted by Gasteiger charge is -2.21. The first kappa shape index (κ1) is 9.96. The number of hydrogen-bond donors (Lipinski definition) is 2. The lowest BCUT2D eigenvalue weighted by molar-refractivity contribution is 0.0789. The van der Waals surface area contributed by atoms with E-state index in [9.17, 15) is 0 Å². The average Bonchev–Trinajstić information content (AvgIpc) is 2.88. The molecule has 72 valence electrons. The maximum atomic E-state index is 5.43. The number of nitrogens with two attached hydrogens (primary N) is 1. The first-order valence-electron chi connectivity index (χ1n) is 4.76. The van der Waals surface area contributed by atoms with E-state index in [0.29, 0.717) is 6.04 Å². The summed E-state index contributed by atoms with van der Waals surface area (Å²) in [6, 6.07) is 0.315. The number of ether oxygens (including phenoxy) is 1. The second-order valence-corrected chi connectivity index (χ2v) is 3.73. The molecule has 3 N–H and O–H groups in total. The number of methoxy groups -OCH3 is 1. The maximum absolute atomic E-state index is 5.43. The minimum Gasteiger partial charge on any atom is -0.380 e. The van der Waals surface area contributed by atoms with Gasteiger partial charge in [-0.1, -0.05) is 12.8 Å². The van der Waals surface area contributed by atoms with Crippen molar-refractivity contribution in [1.29, 1.82) is 0 Å². The van der Waals surface area contributed by atoms with Crippen LogP contribution >= 0.6 is 0 Å². The first-order valence-corrected chi connectivity index (χ1v) is 4.76. The van der Waals surface area contributed by atoms with E-state index in [4.69, 9.17) is 10.6 Å². The van der Waals surface area contributed by atoms with E-state index in [1.807, 2.05) is 0 Å². The van der Waals surface area contributed by atoms with E-state index >= 15 is 0 Å². The number of nitrogens with one attached hydrogen (secondary N) is 1. The predicted octanol–water partition coefficient (Wildman–Crippen LogP) is 1.04. The van der Waals surface area contributed by atoms with Crippen LogP contribution in [0, 0.1) is 5.92 Å². The van der Waals surface area contributed by atoms with E-state index in [0.717, 1.165) is 12.3 Å². The van der Waals surface area contributed by atoms with Gasteiger partial charge in [-0.3, -0.25) is 11.3 Å². The monoisotopic (exact) mass is 172 g/mol. The average molecular weight is 172 g/mol. The van der Waals surface area contributed by atoms with Gasteiger partial charge in [0.1, 0.15) is 0 Å². The fourth-order valence-corrected chi connectivity index (χ4v) is 1.44. The van der Waals surface area contributed by atoms with Gasteiger partial charge in [0.05, 0.1) is 6.10 Å². The molecule has 0 aromatic heterocycles. The Kier molecular flexibility index (Phi) is 3.98. The van der Waals surface area contributed by atoms with Gasteiger partial charge in [0.2, 0.25) is 0 Å². The molecule has 1 fully saturated rings. The second kappa shape index (κ2) is 4.80. The molecule has 1 rings (SSSR count). The lowest BCUT2D eigenvalue weighted by atomic mass is 10.1. The summed E-state index contributed by atoms with van der Waals surface area (Å²) >= 11 is 0. The molecule has 0 saturated heterocycles. The summed E-state index contributed by atoms with van der Waals surface area (Å²) in [6.45, 7) is 2.05. The van der Waals surface area contributed by atoms with Crippen LogP contribution in [0.1, 0.15) is 32.6 Å². The Bertz CT molecular complexity index is 126. The molecule has 3 heteroatoms. The highest BCUT2D eigenvalue weighted by molar-refractivity contribution is 4.78. The van der Waals surface area contributed by atoms with Crippen molar-refractivity contribution in [2.24, 2.45) is 11.8 Å². The Morgan fingerprint density at radius 3 is 2.67 bits per heavy atom. The van der Waals surface area contributed by atoms with E-state index in [1.54, 1.807) is 7.11 Å². The number of hydrazine groups is 1. The van der Waals surface area contributed by atoms with Crippen LogP contribution in [0.4, 0.5) is 0 Å². The van der Waals surface area contributed by atoms with Crippen LogP contribution in [0.15, 0.2) is 0 Å². The fraction of sp³-hybridized carbons (Fsp3) is 1.00. The molecule has 0 aliphatic heterocycles. The van der Waals surface area contributed by atoms with Gasteiger partial charge in [-0.15, -0.1) is 0 Å². The minimum atomic E-state index is 0.216. The number of hydrogen-bond acceptors (Lipinski definition) is 3. The normalized spacial score (nSPS) is 22.2. The highest BCUT2D eigenvalue weighted by Gasteiger charge is 2.24. The molecule has 1 saturated carbocycles. The largest absolute Gasteiger partial charge is 0.380 e. The van der Waals surface area contributed by atoms with Crippen molar-refractivity contribution >= 4 is 0 Å². The number of rotatable bonds is 6.